The predicted molar refractivity (Wildman–Crippen MR) is 65.9 cm³/mol. The second-order valence-electron chi connectivity index (χ2n) is 5.57. The molecule has 5 nitrogen and oxygen atoms in total. The number of hydrogen-bond donors (Lipinski definition) is 1. The number of aromatic nitrogens is 2. The maximum absolute atomic E-state index is 6.37. The summed E-state index contributed by atoms with van der Waals surface area (Å²) in [6, 6.07) is 0. The Morgan fingerprint density at radius 3 is 2.78 bits per heavy atom. The molecule has 0 bridgehead atoms. The molecular weight excluding hydrogens is 230 g/mol. The largest absolute Gasteiger partial charge is 0.378 e. The Hall–Kier alpha value is -0.940. The van der Waals surface area contributed by atoms with E-state index in [1.54, 1.807) is 0 Å². The van der Waals surface area contributed by atoms with Gasteiger partial charge in [-0.1, -0.05) is 24.4 Å². The Balaban J connectivity index is 1.68. The van der Waals surface area contributed by atoms with Crippen molar-refractivity contribution < 1.29 is 9.26 Å². The maximum Gasteiger partial charge on any atom is 0.246 e. The molecule has 1 aliphatic carbocycles. The van der Waals surface area contributed by atoms with Gasteiger partial charge in [-0.3, -0.25) is 0 Å². The molecule has 1 aromatic heterocycles. The summed E-state index contributed by atoms with van der Waals surface area (Å²) in [5.74, 6) is 1.36. The summed E-state index contributed by atoms with van der Waals surface area (Å²) < 4.78 is 11.0. The van der Waals surface area contributed by atoms with Crippen LogP contribution in [0.2, 0.25) is 0 Å². The lowest BCUT2D eigenvalue weighted by atomic mass is 9.82. The highest BCUT2D eigenvalue weighted by atomic mass is 16.5. The third-order valence-corrected chi connectivity index (χ3v) is 4.07. The normalized spacial score (nSPS) is 27.5. The van der Waals surface area contributed by atoms with E-state index >= 15 is 0 Å². The van der Waals surface area contributed by atoms with E-state index in [1.807, 2.05) is 0 Å². The summed E-state index contributed by atoms with van der Waals surface area (Å²) in [6.45, 7) is 0.857. The topological polar surface area (TPSA) is 74.2 Å². The van der Waals surface area contributed by atoms with Crippen molar-refractivity contribution in [3.8, 4) is 0 Å². The Kier molecular flexibility index (Phi) is 3.35. The number of nitrogens with two attached hydrogens (primary N) is 1. The molecule has 1 saturated heterocycles. The highest BCUT2D eigenvalue weighted by molar-refractivity contribution is 5.04. The molecule has 100 valence electrons. The molecule has 0 aromatic carbocycles. The van der Waals surface area contributed by atoms with Crippen molar-refractivity contribution >= 4 is 0 Å². The first-order chi connectivity index (χ1) is 8.76. The summed E-state index contributed by atoms with van der Waals surface area (Å²) in [5.41, 5.74) is 5.99. The van der Waals surface area contributed by atoms with Gasteiger partial charge >= 0.3 is 0 Å². The van der Waals surface area contributed by atoms with E-state index in [0.29, 0.717) is 5.89 Å². The average Bonchev–Trinajstić information content (AvgIpc) is 3.02. The summed E-state index contributed by atoms with van der Waals surface area (Å²) in [6.07, 6.45) is 8.71. The van der Waals surface area contributed by atoms with Crippen LogP contribution in [0.4, 0.5) is 0 Å². The molecule has 3 rings (SSSR count). The van der Waals surface area contributed by atoms with E-state index in [2.05, 4.69) is 10.1 Å². The molecule has 2 N–H and O–H groups in total. The summed E-state index contributed by atoms with van der Waals surface area (Å²) in [7, 11) is 0. The van der Waals surface area contributed by atoms with E-state index in [1.165, 1.54) is 6.42 Å². The minimum atomic E-state index is -0.389. The van der Waals surface area contributed by atoms with Crippen LogP contribution in [0.1, 0.15) is 56.7 Å². The molecule has 1 aromatic rings. The number of nitrogens with zero attached hydrogens (tertiary/aromatic N) is 2. The molecule has 0 spiro atoms. The maximum atomic E-state index is 6.37. The summed E-state index contributed by atoms with van der Waals surface area (Å²) in [4.78, 5) is 4.49. The molecule has 0 unspecified atom stereocenters. The Morgan fingerprint density at radius 1 is 1.22 bits per heavy atom. The van der Waals surface area contributed by atoms with Crippen molar-refractivity contribution in [3.05, 3.63) is 11.7 Å². The predicted octanol–water partition coefficient (Wildman–Crippen LogP) is 1.91. The van der Waals surface area contributed by atoms with Gasteiger partial charge in [0.05, 0.1) is 11.6 Å². The van der Waals surface area contributed by atoms with Gasteiger partial charge in [-0.25, -0.2) is 0 Å². The molecule has 0 radical (unpaired) electrons. The fourth-order valence-electron chi connectivity index (χ4n) is 2.94. The fourth-order valence-corrected chi connectivity index (χ4v) is 2.94. The van der Waals surface area contributed by atoms with Gasteiger partial charge in [0.1, 0.15) is 0 Å². The molecule has 1 atom stereocenters. The molecule has 2 heterocycles. The quantitative estimate of drug-likeness (QED) is 0.888. The first-order valence-electron chi connectivity index (χ1n) is 7.00. The van der Waals surface area contributed by atoms with Gasteiger partial charge in [0.2, 0.25) is 5.89 Å². The van der Waals surface area contributed by atoms with Crippen LogP contribution in [0.3, 0.4) is 0 Å². The monoisotopic (exact) mass is 251 g/mol. The zero-order chi connectivity index (χ0) is 12.4. The minimum Gasteiger partial charge on any atom is -0.378 e. The molecule has 1 aliphatic heterocycles. The van der Waals surface area contributed by atoms with Crippen molar-refractivity contribution in [2.45, 2.75) is 63.0 Å². The lowest BCUT2D eigenvalue weighted by molar-refractivity contribution is 0.109. The summed E-state index contributed by atoms with van der Waals surface area (Å²) in [5, 5.41) is 4.05. The second kappa shape index (κ2) is 4.97. The lowest BCUT2D eigenvalue weighted by Crippen LogP contribution is -2.39. The van der Waals surface area contributed by atoms with Crippen LogP contribution >= 0.6 is 0 Å². The number of hydrogen-bond acceptors (Lipinski definition) is 5. The average molecular weight is 251 g/mol. The molecule has 5 heteroatoms. The van der Waals surface area contributed by atoms with Gasteiger partial charge in [-0.05, 0) is 25.7 Å². The number of ether oxygens (including phenoxy) is 1. The van der Waals surface area contributed by atoms with E-state index in [9.17, 15) is 0 Å². The molecule has 2 fully saturated rings. The SMILES string of the molecule is NC1(c2nc(C[C@@H]3CCCO3)no2)CCCCC1. The van der Waals surface area contributed by atoms with Crippen molar-refractivity contribution in [1.82, 2.24) is 10.1 Å². The van der Waals surface area contributed by atoms with E-state index < -0.39 is 0 Å². The second-order valence-corrected chi connectivity index (χ2v) is 5.57. The zero-order valence-corrected chi connectivity index (χ0v) is 10.7. The smallest absolute Gasteiger partial charge is 0.246 e. The van der Waals surface area contributed by atoms with Gasteiger partial charge in [0, 0.05) is 13.0 Å². The van der Waals surface area contributed by atoms with Gasteiger partial charge < -0.3 is 15.0 Å². The van der Waals surface area contributed by atoms with Crippen LogP contribution in [0.5, 0.6) is 0 Å². The van der Waals surface area contributed by atoms with Crippen LogP contribution in [-0.2, 0) is 16.7 Å². The van der Waals surface area contributed by atoms with Gasteiger partial charge in [-0.15, -0.1) is 0 Å². The molecule has 18 heavy (non-hydrogen) atoms. The number of rotatable bonds is 3. The first-order valence-corrected chi connectivity index (χ1v) is 7.00. The van der Waals surface area contributed by atoms with Gasteiger partial charge in [0.25, 0.3) is 0 Å². The molecule has 0 amide bonds. The van der Waals surface area contributed by atoms with Crippen LogP contribution in [-0.4, -0.2) is 22.9 Å². The molecule has 1 saturated carbocycles. The highest BCUT2D eigenvalue weighted by Crippen LogP contribution is 2.33. The fraction of sp³-hybridized carbons (Fsp3) is 0.846. The molecule has 2 aliphatic rings. The van der Waals surface area contributed by atoms with E-state index in [0.717, 1.165) is 57.4 Å². The van der Waals surface area contributed by atoms with Gasteiger partial charge in [-0.2, -0.15) is 4.98 Å². The standard InChI is InChI=1S/C13H21N3O2/c14-13(6-2-1-3-7-13)12-15-11(16-18-12)9-10-5-4-8-17-10/h10H,1-9,14H2/t10-/m0/s1. The highest BCUT2D eigenvalue weighted by Gasteiger charge is 2.35. The minimum absolute atomic E-state index is 0.260. The van der Waals surface area contributed by atoms with Crippen LogP contribution in [0.25, 0.3) is 0 Å². The van der Waals surface area contributed by atoms with Crippen molar-refractivity contribution in [2.24, 2.45) is 5.73 Å². The third-order valence-electron chi connectivity index (χ3n) is 4.07. The van der Waals surface area contributed by atoms with E-state index in [4.69, 9.17) is 15.0 Å². The van der Waals surface area contributed by atoms with Crippen molar-refractivity contribution in [2.75, 3.05) is 6.61 Å². The van der Waals surface area contributed by atoms with Crippen molar-refractivity contribution in [1.29, 1.82) is 0 Å². The summed E-state index contributed by atoms with van der Waals surface area (Å²) >= 11 is 0. The Morgan fingerprint density at radius 2 is 2.06 bits per heavy atom. The van der Waals surface area contributed by atoms with Gasteiger partial charge in [0.15, 0.2) is 5.82 Å². The van der Waals surface area contributed by atoms with Crippen LogP contribution < -0.4 is 5.73 Å². The zero-order valence-electron chi connectivity index (χ0n) is 10.7. The first kappa shape index (κ1) is 12.1. The molecular formula is C13H21N3O2. The van der Waals surface area contributed by atoms with Crippen LogP contribution in [0.15, 0.2) is 4.52 Å². The third kappa shape index (κ3) is 2.42. The van der Waals surface area contributed by atoms with Crippen molar-refractivity contribution in [3.63, 3.8) is 0 Å². The lowest BCUT2D eigenvalue weighted by Gasteiger charge is -2.29. The van der Waals surface area contributed by atoms with E-state index in [-0.39, 0.29) is 11.6 Å². The van der Waals surface area contributed by atoms with Crippen LogP contribution in [0, 0.1) is 0 Å². The Labute approximate surface area is 107 Å². The Bertz CT molecular complexity index is 393.